The van der Waals surface area contributed by atoms with Gasteiger partial charge in [-0.2, -0.15) is 4.98 Å². The Kier molecular flexibility index (Phi) is 6.54. The zero-order valence-electron chi connectivity index (χ0n) is 20.0. The number of hydrogen-bond acceptors (Lipinski definition) is 9. The van der Waals surface area contributed by atoms with Gasteiger partial charge in [-0.3, -0.25) is 10.1 Å². The average molecular weight is 479 g/mol. The normalized spacial score (nSPS) is 19.0. The molecular formula is C25H30N6O4. The number of aromatic nitrogens is 2. The van der Waals surface area contributed by atoms with Crippen molar-refractivity contribution in [2.75, 3.05) is 37.6 Å². The Morgan fingerprint density at radius 1 is 1.09 bits per heavy atom. The second-order valence-electron chi connectivity index (χ2n) is 9.37. The number of hydrogen-bond donors (Lipinski definition) is 2. The van der Waals surface area contributed by atoms with Crippen LogP contribution in [0.25, 0.3) is 10.9 Å². The number of nitro groups is 1. The van der Waals surface area contributed by atoms with Crippen LogP contribution in [-0.4, -0.2) is 48.4 Å². The first-order chi connectivity index (χ1) is 17.0. The van der Waals surface area contributed by atoms with Gasteiger partial charge in [-0.05, 0) is 56.3 Å². The van der Waals surface area contributed by atoms with Crippen LogP contribution in [0.1, 0.15) is 31.2 Å². The molecular weight excluding hydrogens is 448 g/mol. The SMILES string of the molecule is CN(C)c1nc(NC2CCC(CNCc3cc4c(cc3[N+](=O)[O-])OCO4)CC2)nc2ccccc12. The zero-order chi connectivity index (χ0) is 24.4. The molecule has 1 aromatic heterocycles. The molecule has 184 valence electrons. The monoisotopic (exact) mass is 478 g/mol. The van der Waals surface area contributed by atoms with Crippen molar-refractivity contribution in [2.24, 2.45) is 5.92 Å². The number of fused-ring (bicyclic) bond motifs is 2. The Morgan fingerprint density at radius 2 is 1.83 bits per heavy atom. The molecule has 5 rings (SSSR count). The molecule has 2 aromatic carbocycles. The molecule has 2 heterocycles. The van der Waals surface area contributed by atoms with Crippen LogP contribution in [0, 0.1) is 16.0 Å². The maximum atomic E-state index is 11.5. The van der Waals surface area contributed by atoms with E-state index in [4.69, 9.17) is 19.4 Å². The maximum Gasteiger partial charge on any atom is 0.277 e. The summed E-state index contributed by atoms with van der Waals surface area (Å²) in [6.45, 7) is 1.33. The fourth-order valence-electron chi connectivity index (χ4n) is 4.85. The van der Waals surface area contributed by atoms with Gasteiger partial charge in [0.2, 0.25) is 12.7 Å². The Hall–Kier alpha value is -3.66. The predicted molar refractivity (Wildman–Crippen MR) is 134 cm³/mol. The van der Waals surface area contributed by atoms with E-state index in [0.29, 0.717) is 41.5 Å². The van der Waals surface area contributed by atoms with Gasteiger partial charge in [0.15, 0.2) is 11.5 Å². The molecule has 0 saturated heterocycles. The number of para-hydroxylation sites is 1. The minimum absolute atomic E-state index is 0.0575. The van der Waals surface area contributed by atoms with Crippen molar-refractivity contribution in [3.8, 4) is 11.5 Å². The summed E-state index contributed by atoms with van der Waals surface area (Å²) >= 11 is 0. The van der Waals surface area contributed by atoms with E-state index in [1.165, 1.54) is 6.07 Å². The van der Waals surface area contributed by atoms with Gasteiger partial charge in [0.05, 0.1) is 16.5 Å². The van der Waals surface area contributed by atoms with Crippen LogP contribution in [0.5, 0.6) is 11.5 Å². The van der Waals surface area contributed by atoms with E-state index >= 15 is 0 Å². The van der Waals surface area contributed by atoms with E-state index in [2.05, 4.69) is 10.6 Å². The van der Waals surface area contributed by atoms with E-state index in [-0.39, 0.29) is 17.4 Å². The quantitative estimate of drug-likeness (QED) is 0.365. The van der Waals surface area contributed by atoms with E-state index < -0.39 is 0 Å². The standard InChI is InChI=1S/C25H30N6O4/c1-30(2)24-19-5-3-4-6-20(19)28-25(29-24)27-18-9-7-16(8-10-18)13-26-14-17-11-22-23(35-15-34-22)12-21(17)31(32)33/h3-6,11-12,16,18,26H,7-10,13-15H2,1-2H3,(H,27,28,29). The number of nitrogens with one attached hydrogen (secondary N) is 2. The molecule has 0 amide bonds. The summed E-state index contributed by atoms with van der Waals surface area (Å²) in [6.07, 6.45) is 4.21. The summed E-state index contributed by atoms with van der Waals surface area (Å²) in [6, 6.07) is 11.6. The van der Waals surface area contributed by atoms with Crippen molar-refractivity contribution in [2.45, 2.75) is 38.3 Å². The molecule has 1 aliphatic carbocycles. The van der Waals surface area contributed by atoms with Crippen LogP contribution in [0.4, 0.5) is 17.5 Å². The van der Waals surface area contributed by atoms with Crippen molar-refractivity contribution in [1.82, 2.24) is 15.3 Å². The van der Waals surface area contributed by atoms with Gasteiger partial charge in [0.25, 0.3) is 5.69 Å². The number of anilines is 2. The molecule has 10 nitrogen and oxygen atoms in total. The summed E-state index contributed by atoms with van der Waals surface area (Å²) in [5.41, 5.74) is 1.60. The third kappa shape index (κ3) is 5.07. The van der Waals surface area contributed by atoms with Gasteiger partial charge in [0, 0.05) is 37.6 Å². The van der Waals surface area contributed by atoms with Crippen LogP contribution in [0.3, 0.4) is 0 Å². The summed E-state index contributed by atoms with van der Waals surface area (Å²) in [5, 5.41) is 19.5. The first-order valence-corrected chi connectivity index (χ1v) is 12.0. The second kappa shape index (κ2) is 9.91. The van der Waals surface area contributed by atoms with Crippen LogP contribution >= 0.6 is 0 Å². The fourth-order valence-corrected chi connectivity index (χ4v) is 4.85. The molecule has 0 atom stereocenters. The molecule has 1 fully saturated rings. The Morgan fingerprint density at radius 3 is 2.57 bits per heavy atom. The summed E-state index contributed by atoms with van der Waals surface area (Å²) in [4.78, 5) is 22.6. The molecule has 1 saturated carbocycles. The molecule has 0 radical (unpaired) electrons. The van der Waals surface area contributed by atoms with E-state index in [0.717, 1.165) is 48.9 Å². The molecule has 2 aliphatic rings. The Balaban J connectivity index is 1.15. The topological polar surface area (TPSA) is 115 Å². The minimum Gasteiger partial charge on any atom is -0.454 e. The van der Waals surface area contributed by atoms with Gasteiger partial charge in [0.1, 0.15) is 5.82 Å². The first-order valence-electron chi connectivity index (χ1n) is 12.0. The molecule has 0 unspecified atom stereocenters. The van der Waals surface area contributed by atoms with Crippen LogP contribution in [0.15, 0.2) is 36.4 Å². The Labute approximate surface area is 203 Å². The smallest absolute Gasteiger partial charge is 0.277 e. The van der Waals surface area contributed by atoms with E-state index in [1.54, 1.807) is 6.07 Å². The van der Waals surface area contributed by atoms with Crippen molar-refractivity contribution < 1.29 is 14.4 Å². The lowest BCUT2D eigenvalue weighted by molar-refractivity contribution is -0.385. The highest BCUT2D eigenvalue weighted by Crippen LogP contribution is 2.38. The van der Waals surface area contributed by atoms with Crippen molar-refractivity contribution >= 4 is 28.4 Å². The number of nitrogens with zero attached hydrogens (tertiary/aromatic N) is 4. The maximum absolute atomic E-state index is 11.5. The van der Waals surface area contributed by atoms with E-state index in [9.17, 15) is 10.1 Å². The molecule has 2 N–H and O–H groups in total. The summed E-state index contributed by atoms with van der Waals surface area (Å²) in [7, 11) is 3.99. The van der Waals surface area contributed by atoms with E-state index in [1.807, 2.05) is 43.3 Å². The lowest BCUT2D eigenvalue weighted by atomic mass is 9.86. The largest absolute Gasteiger partial charge is 0.454 e. The average Bonchev–Trinajstić information content (AvgIpc) is 3.31. The van der Waals surface area contributed by atoms with Crippen LogP contribution < -0.4 is 25.0 Å². The molecule has 1 aliphatic heterocycles. The lowest BCUT2D eigenvalue weighted by Gasteiger charge is -2.29. The zero-order valence-corrected chi connectivity index (χ0v) is 20.0. The molecule has 0 spiro atoms. The predicted octanol–water partition coefficient (Wildman–Crippen LogP) is 4.09. The highest BCUT2D eigenvalue weighted by molar-refractivity contribution is 5.90. The highest BCUT2D eigenvalue weighted by Gasteiger charge is 2.25. The van der Waals surface area contributed by atoms with Crippen LogP contribution in [0.2, 0.25) is 0 Å². The van der Waals surface area contributed by atoms with Gasteiger partial charge >= 0.3 is 0 Å². The number of nitro benzene ring substituents is 1. The van der Waals surface area contributed by atoms with Crippen molar-refractivity contribution in [1.29, 1.82) is 0 Å². The van der Waals surface area contributed by atoms with Gasteiger partial charge in [-0.15, -0.1) is 0 Å². The molecule has 3 aromatic rings. The first kappa shape index (κ1) is 23.1. The minimum atomic E-state index is -0.369. The third-order valence-electron chi connectivity index (χ3n) is 6.71. The second-order valence-corrected chi connectivity index (χ2v) is 9.37. The lowest BCUT2D eigenvalue weighted by Crippen LogP contribution is -2.31. The number of ether oxygens (including phenoxy) is 2. The molecule has 0 bridgehead atoms. The fraction of sp³-hybridized carbons (Fsp3) is 0.440. The number of rotatable bonds is 8. The van der Waals surface area contributed by atoms with Gasteiger partial charge in [-0.1, -0.05) is 12.1 Å². The van der Waals surface area contributed by atoms with Crippen molar-refractivity contribution in [3.63, 3.8) is 0 Å². The highest BCUT2D eigenvalue weighted by atomic mass is 16.7. The number of benzene rings is 2. The van der Waals surface area contributed by atoms with Gasteiger partial charge in [-0.25, -0.2) is 4.98 Å². The summed E-state index contributed by atoms with van der Waals surface area (Å²) in [5.74, 6) is 3.10. The third-order valence-corrected chi connectivity index (χ3v) is 6.71. The Bertz CT molecular complexity index is 1230. The summed E-state index contributed by atoms with van der Waals surface area (Å²) < 4.78 is 10.7. The van der Waals surface area contributed by atoms with Gasteiger partial charge < -0.3 is 25.0 Å². The molecule has 35 heavy (non-hydrogen) atoms. The van der Waals surface area contributed by atoms with Crippen molar-refractivity contribution in [3.05, 3.63) is 52.1 Å². The molecule has 10 heteroatoms. The van der Waals surface area contributed by atoms with Crippen LogP contribution in [-0.2, 0) is 6.54 Å².